The van der Waals surface area contributed by atoms with Gasteiger partial charge >= 0.3 is 0 Å². The van der Waals surface area contributed by atoms with E-state index in [1.165, 1.54) is 16.7 Å². The van der Waals surface area contributed by atoms with Crippen molar-refractivity contribution in [2.75, 3.05) is 12.1 Å². The summed E-state index contributed by atoms with van der Waals surface area (Å²) in [5, 5.41) is 7.15. The molecule has 3 heteroatoms. The number of nitrogens with zero attached hydrogens (tertiary/aromatic N) is 2. The second-order valence-electron chi connectivity index (χ2n) is 6.77. The number of ether oxygens (including phenoxy) is 1. The number of benzene rings is 3. The SMILES string of the molecule is CCc1ccc(C2=NN(c3ccccc3)[C@@H](c3ccc(OC)cc3)C2)cc1. The average molecular weight is 356 g/mol. The van der Waals surface area contributed by atoms with Crippen molar-refractivity contribution in [1.29, 1.82) is 0 Å². The van der Waals surface area contributed by atoms with Crippen LogP contribution in [0.3, 0.4) is 0 Å². The van der Waals surface area contributed by atoms with Gasteiger partial charge in [0.05, 0.1) is 24.6 Å². The van der Waals surface area contributed by atoms with Gasteiger partial charge in [-0.2, -0.15) is 5.10 Å². The Morgan fingerprint density at radius 3 is 2.26 bits per heavy atom. The van der Waals surface area contributed by atoms with E-state index in [1.807, 2.05) is 18.2 Å². The Balaban J connectivity index is 1.69. The molecule has 27 heavy (non-hydrogen) atoms. The van der Waals surface area contributed by atoms with Gasteiger partial charge in [-0.05, 0) is 47.4 Å². The molecule has 0 unspecified atom stereocenters. The molecule has 3 aromatic carbocycles. The smallest absolute Gasteiger partial charge is 0.118 e. The summed E-state index contributed by atoms with van der Waals surface area (Å²) in [4.78, 5) is 0. The molecular formula is C24H24N2O. The predicted octanol–water partition coefficient (Wildman–Crippen LogP) is 5.61. The van der Waals surface area contributed by atoms with Gasteiger partial charge in [0, 0.05) is 6.42 Å². The summed E-state index contributed by atoms with van der Waals surface area (Å²) in [5.41, 5.74) is 6.03. The normalized spacial score (nSPS) is 16.3. The van der Waals surface area contributed by atoms with Crippen molar-refractivity contribution in [1.82, 2.24) is 0 Å². The van der Waals surface area contributed by atoms with E-state index in [4.69, 9.17) is 9.84 Å². The lowest BCUT2D eigenvalue weighted by atomic mass is 9.97. The van der Waals surface area contributed by atoms with Gasteiger partial charge in [0.2, 0.25) is 0 Å². The number of hydrogen-bond acceptors (Lipinski definition) is 3. The van der Waals surface area contributed by atoms with Crippen LogP contribution in [0.25, 0.3) is 0 Å². The number of hydrazone groups is 1. The summed E-state index contributed by atoms with van der Waals surface area (Å²) >= 11 is 0. The topological polar surface area (TPSA) is 24.8 Å². The van der Waals surface area contributed by atoms with Gasteiger partial charge in [-0.15, -0.1) is 0 Å². The Hall–Kier alpha value is -3.07. The maximum atomic E-state index is 5.31. The van der Waals surface area contributed by atoms with Gasteiger partial charge in [0.1, 0.15) is 5.75 Å². The van der Waals surface area contributed by atoms with E-state index in [0.717, 1.165) is 30.0 Å². The van der Waals surface area contributed by atoms with Crippen molar-refractivity contribution >= 4 is 11.4 Å². The molecular weight excluding hydrogens is 332 g/mol. The van der Waals surface area contributed by atoms with Gasteiger partial charge in [0.25, 0.3) is 0 Å². The highest BCUT2D eigenvalue weighted by molar-refractivity contribution is 6.03. The molecule has 0 aromatic heterocycles. The summed E-state index contributed by atoms with van der Waals surface area (Å²) in [6, 6.07) is 27.7. The minimum Gasteiger partial charge on any atom is -0.497 e. The first kappa shape index (κ1) is 17.3. The molecule has 0 saturated carbocycles. The molecule has 1 atom stereocenters. The van der Waals surface area contributed by atoms with Crippen LogP contribution >= 0.6 is 0 Å². The number of anilines is 1. The molecule has 0 aliphatic carbocycles. The van der Waals surface area contributed by atoms with Crippen molar-refractivity contribution in [2.24, 2.45) is 5.10 Å². The standard InChI is InChI=1S/C24H24N2O/c1-3-18-9-11-19(12-10-18)23-17-24(20-13-15-22(27-2)16-14-20)26(25-23)21-7-5-4-6-8-21/h4-16,24H,3,17H2,1-2H3/t24-/m1/s1. The van der Waals surface area contributed by atoms with E-state index in [1.54, 1.807) is 7.11 Å². The fourth-order valence-corrected chi connectivity index (χ4v) is 3.52. The highest BCUT2D eigenvalue weighted by Crippen LogP contribution is 2.37. The third kappa shape index (κ3) is 3.59. The molecule has 0 fully saturated rings. The molecule has 0 spiro atoms. The number of rotatable bonds is 5. The minimum atomic E-state index is 0.180. The maximum absolute atomic E-state index is 5.31. The summed E-state index contributed by atoms with van der Waals surface area (Å²) in [5.74, 6) is 0.874. The largest absolute Gasteiger partial charge is 0.497 e. The monoisotopic (exact) mass is 356 g/mol. The number of para-hydroxylation sites is 1. The molecule has 1 aliphatic heterocycles. The van der Waals surface area contributed by atoms with E-state index < -0.39 is 0 Å². The first-order chi connectivity index (χ1) is 13.3. The molecule has 0 amide bonds. The van der Waals surface area contributed by atoms with E-state index in [9.17, 15) is 0 Å². The molecule has 4 rings (SSSR count). The maximum Gasteiger partial charge on any atom is 0.118 e. The van der Waals surface area contributed by atoms with Crippen LogP contribution in [0.1, 0.15) is 36.1 Å². The fourth-order valence-electron chi connectivity index (χ4n) is 3.52. The van der Waals surface area contributed by atoms with Crippen LogP contribution < -0.4 is 9.75 Å². The molecule has 0 radical (unpaired) electrons. The molecule has 3 nitrogen and oxygen atoms in total. The van der Waals surface area contributed by atoms with Crippen molar-refractivity contribution in [3.63, 3.8) is 0 Å². The van der Waals surface area contributed by atoms with Crippen LogP contribution in [0.2, 0.25) is 0 Å². The third-order valence-electron chi connectivity index (χ3n) is 5.13. The van der Waals surface area contributed by atoms with Crippen LogP contribution in [-0.2, 0) is 6.42 Å². The predicted molar refractivity (Wildman–Crippen MR) is 112 cm³/mol. The lowest BCUT2D eigenvalue weighted by Crippen LogP contribution is -2.18. The van der Waals surface area contributed by atoms with Gasteiger partial charge < -0.3 is 4.74 Å². The van der Waals surface area contributed by atoms with Crippen molar-refractivity contribution < 1.29 is 4.74 Å². The second kappa shape index (κ2) is 7.67. The van der Waals surface area contributed by atoms with Crippen LogP contribution in [0.15, 0.2) is 84.0 Å². The fraction of sp³-hybridized carbons (Fsp3) is 0.208. The van der Waals surface area contributed by atoms with Crippen LogP contribution in [0.5, 0.6) is 5.75 Å². The zero-order chi connectivity index (χ0) is 18.6. The summed E-state index contributed by atoms with van der Waals surface area (Å²) in [6.07, 6.45) is 1.93. The lowest BCUT2D eigenvalue weighted by Gasteiger charge is -2.24. The van der Waals surface area contributed by atoms with E-state index in [-0.39, 0.29) is 6.04 Å². The Morgan fingerprint density at radius 1 is 0.926 bits per heavy atom. The molecule has 0 N–H and O–H groups in total. The van der Waals surface area contributed by atoms with Crippen molar-refractivity contribution in [3.05, 3.63) is 95.6 Å². The highest BCUT2D eigenvalue weighted by Gasteiger charge is 2.29. The summed E-state index contributed by atoms with van der Waals surface area (Å²) in [7, 11) is 1.70. The molecule has 136 valence electrons. The van der Waals surface area contributed by atoms with E-state index >= 15 is 0 Å². The number of methoxy groups -OCH3 is 1. The summed E-state index contributed by atoms with van der Waals surface area (Å²) < 4.78 is 5.31. The zero-order valence-corrected chi connectivity index (χ0v) is 15.8. The Kier molecular flexibility index (Phi) is 4.93. The van der Waals surface area contributed by atoms with Crippen LogP contribution in [0, 0.1) is 0 Å². The van der Waals surface area contributed by atoms with Gasteiger partial charge in [0.15, 0.2) is 0 Å². The third-order valence-corrected chi connectivity index (χ3v) is 5.13. The second-order valence-corrected chi connectivity index (χ2v) is 6.77. The summed E-state index contributed by atoms with van der Waals surface area (Å²) in [6.45, 7) is 2.18. The first-order valence-corrected chi connectivity index (χ1v) is 9.43. The molecule has 1 heterocycles. The Labute approximate surface area is 160 Å². The molecule has 3 aromatic rings. The minimum absolute atomic E-state index is 0.180. The van der Waals surface area contributed by atoms with Crippen molar-refractivity contribution in [3.8, 4) is 5.75 Å². The highest BCUT2D eigenvalue weighted by atomic mass is 16.5. The van der Waals surface area contributed by atoms with Gasteiger partial charge in [-0.25, -0.2) is 0 Å². The average Bonchev–Trinajstić information content (AvgIpc) is 3.20. The zero-order valence-electron chi connectivity index (χ0n) is 15.8. The Morgan fingerprint density at radius 2 is 1.63 bits per heavy atom. The molecule has 0 saturated heterocycles. The number of aryl methyl sites for hydroxylation is 1. The van der Waals surface area contributed by atoms with Gasteiger partial charge in [-0.3, -0.25) is 5.01 Å². The lowest BCUT2D eigenvalue weighted by molar-refractivity contribution is 0.414. The molecule has 0 bridgehead atoms. The van der Waals surface area contributed by atoms with E-state index in [0.29, 0.717) is 0 Å². The van der Waals surface area contributed by atoms with Crippen LogP contribution in [0.4, 0.5) is 5.69 Å². The van der Waals surface area contributed by atoms with Crippen molar-refractivity contribution in [2.45, 2.75) is 25.8 Å². The first-order valence-electron chi connectivity index (χ1n) is 9.43. The van der Waals surface area contributed by atoms with Crippen LogP contribution in [-0.4, -0.2) is 12.8 Å². The van der Waals surface area contributed by atoms with E-state index in [2.05, 4.69) is 72.6 Å². The van der Waals surface area contributed by atoms with Gasteiger partial charge in [-0.1, -0.05) is 61.5 Å². The quantitative estimate of drug-likeness (QED) is 0.593. The Bertz CT molecular complexity index is 915. The molecule has 1 aliphatic rings. The number of hydrogen-bond donors (Lipinski definition) is 0.